The first-order chi connectivity index (χ1) is 11.0. The van der Waals surface area contributed by atoms with Crippen molar-refractivity contribution in [3.63, 3.8) is 0 Å². The summed E-state index contributed by atoms with van der Waals surface area (Å²) in [5, 5.41) is 3.10. The number of ketones is 1. The molecule has 5 heteroatoms. The number of rotatable bonds is 5. The molecule has 0 radical (unpaired) electrons. The lowest BCUT2D eigenvalue weighted by Gasteiger charge is -2.43. The number of hydrogen-bond donors (Lipinski definition) is 1. The average Bonchev–Trinajstić information content (AvgIpc) is 2.84. The van der Waals surface area contributed by atoms with Gasteiger partial charge in [0.2, 0.25) is 5.91 Å². The molecule has 1 aliphatic carbocycles. The first kappa shape index (κ1) is 15.8. The van der Waals surface area contributed by atoms with E-state index >= 15 is 0 Å². The fourth-order valence-corrected chi connectivity index (χ4v) is 4.00. The van der Waals surface area contributed by atoms with Crippen LogP contribution in [-0.2, 0) is 9.59 Å². The second-order valence-corrected chi connectivity index (χ2v) is 6.69. The Kier molecular flexibility index (Phi) is 4.28. The Morgan fingerprint density at radius 3 is 2.57 bits per heavy atom. The number of hydrogen-bond acceptors (Lipinski definition) is 4. The van der Waals surface area contributed by atoms with Crippen LogP contribution in [0.1, 0.15) is 32.6 Å². The van der Waals surface area contributed by atoms with Crippen LogP contribution in [0.5, 0.6) is 11.5 Å². The van der Waals surface area contributed by atoms with Gasteiger partial charge < -0.3 is 14.8 Å². The van der Waals surface area contributed by atoms with Crippen molar-refractivity contribution >= 4 is 11.7 Å². The number of nitrogens with one attached hydrogen (secondary N) is 1. The monoisotopic (exact) mass is 317 g/mol. The maximum absolute atomic E-state index is 12.0. The molecule has 0 aromatic heterocycles. The number of piperidine rings is 1. The summed E-state index contributed by atoms with van der Waals surface area (Å²) in [6.45, 7) is 2.55. The third-order valence-corrected chi connectivity index (χ3v) is 5.13. The molecule has 1 N–H and O–H groups in total. The van der Waals surface area contributed by atoms with Crippen molar-refractivity contribution in [1.82, 2.24) is 5.32 Å². The Morgan fingerprint density at radius 1 is 1.17 bits per heavy atom. The molecule has 3 atom stereocenters. The van der Waals surface area contributed by atoms with Crippen molar-refractivity contribution in [2.24, 2.45) is 11.8 Å². The SMILES string of the molecule is COc1ccc(OCC[C@@]23CC(=O)C[C@@H]2[C@@H](C)CC(=O)N3)cc1. The van der Waals surface area contributed by atoms with Gasteiger partial charge in [-0.05, 0) is 36.1 Å². The zero-order valence-electron chi connectivity index (χ0n) is 13.6. The van der Waals surface area contributed by atoms with Crippen LogP contribution < -0.4 is 14.8 Å². The third kappa shape index (κ3) is 3.19. The van der Waals surface area contributed by atoms with E-state index in [1.54, 1.807) is 7.11 Å². The van der Waals surface area contributed by atoms with Crippen LogP contribution in [0, 0.1) is 11.8 Å². The van der Waals surface area contributed by atoms with Gasteiger partial charge >= 0.3 is 0 Å². The highest BCUT2D eigenvalue weighted by Gasteiger charge is 2.52. The Bertz CT molecular complexity index is 598. The van der Waals surface area contributed by atoms with E-state index in [2.05, 4.69) is 12.2 Å². The molecule has 1 heterocycles. The van der Waals surface area contributed by atoms with Crippen LogP contribution in [0.2, 0.25) is 0 Å². The number of carbonyl (C=O) groups excluding carboxylic acids is 2. The standard InChI is InChI=1S/C18H23NO4/c1-12-9-17(21)19-18(11-13(20)10-16(12)18)7-8-23-15-5-3-14(22-2)4-6-15/h3-6,12,16H,7-11H2,1-2H3,(H,19,21)/t12-,16+,18+/m0/s1. The Morgan fingerprint density at radius 2 is 1.87 bits per heavy atom. The summed E-state index contributed by atoms with van der Waals surface area (Å²) >= 11 is 0. The van der Waals surface area contributed by atoms with Crippen molar-refractivity contribution in [3.05, 3.63) is 24.3 Å². The molecule has 0 bridgehead atoms. The highest BCUT2D eigenvalue weighted by molar-refractivity contribution is 5.87. The minimum Gasteiger partial charge on any atom is -0.497 e. The minimum atomic E-state index is -0.418. The Hall–Kier alpha value is -2.04. The number of carbonyl (C=O) groups is 2. The van der Waals surface area contributed by atoms with Crippen molar-refractivity contribution in [3.8, 4) is 11.5 Å². The van der Waals surface area contributed by atoms with Gasteiger partial charge in [0.15, 0.2) is 0 Å². The second kappa shape index (κ2) is 6.22. The van der Waals surface area contributed by atoms with Crippen molar-refractivity contribution in [1.29, 1.82) is 0 Å². The van der Waals surface area contributed by atoms with E-state index in [4.69, 9.17) is 9.47 Å². The number of ether oxygens (including phenoxy) is 2. The molecule has 0 unspecified atom stereocenters. The van der Waals surface area contributed by atoms with Gasteiger partial charge in [0.1, 0.15) is 17.3 Å². The van der Waals surface area contributed by atoms with Crippen LogP contribution in [0.25, 0.3) is 0 Å². The van der Waals surface area contributed by atoms with Gasteiger partial charge in [-0.1, -0.05) is 6.92 Å². The van der Waals surface area contributed by atoms with Crippen LogP contribution in [0.15, 0.2) is 24.3 Å². The van der Waals surface area contributed by atoms with E-state index in [0.29, 0.717) is 32.3 Å². The smallest absolute Gasteiger partial charge is 0.220 e. The van der Waals surface area contributed by atoms with Crippen LogP contribution >= 0.6 is 0 Å². The van der Waals surface area contributed by atoms with Crippen LogP contribution in [0.4, 0.5) is 0 Å². The van der Waals surface area contributed by atoms with Gasteiger partial charge in [-0.25, -0.2) is 0 Å². The maximum Gasteiger partial charge on any atom is 0.220 e. The van der Waals surface area contributed by atoms with Gasteiger partial charge in [0, 0.05) is 25.7 Å². The van der Waals surface area contributed by atoms with Gasteiger partial charge in [-0.2, -0.15) is 0 Å². The molecule has 1 aromatic carbocycles. The molecule has 23 heavy (non-hydrogen) atoms. The summed E-state index contributed by atoms with van der Waals surface area (Å²) in [4.78, 5) is 23.9. The zero-order valence-corrected chi connectivity index (χ0v) is 13.6. The lowest BCUT2D eigenvalue weighted by Crippen LogP contribution is -2.57. The number of amides is 1. The van der Waals surface area contributed by atoms with E-state index in [1.165, 1.54) is 0 Å². The normalized spacial score (nSPS) is 29.8. The molecule has 0 spiro atoms. The second-order valence-electron chi connectivity index (χ2n) is 6.69. The van der Waals surface area contributed by atoms with Gasteiger partial charge in [-0.3, -0.25) is 9.59 Å². The van der Waals surface area contributed by atoms with E-state index in [-0.39, 0.29) is 23.5 Å². The number of methoxy groups -OCH3 is 1. The van der Waals surface area contributed by atoms with Crippen molar-refractivity contribution < 1.29 is 19.1 Å². The quantitative estimate of drug-likeness (QED) is 0.905. The highest BCUT2D eigenvalue weighted by atomic mass is 16.5. The molecule has 1 saturated heterocycles. The molecular weight excluding hydrogens is 294 g/mol. The van der Waals surface area contributed by atoms with E-state index < -0.39 is 5.54 Å². The van der Waals surface area contributed by atoms with E-state index in [0.717, 1.165) is 11.5 Å². The maximum atomic E-state index is 12.0. The average molecular weight is 317 g/mol. The number of benzene rings is 1. The van der Waals surface area contributed by atoms with Gasteiger partial charge in [-0.15, -0.1) is 0 Å². The summed E-state index contributed by atoms with van der Waals surface area (Å²) in [6.07, 6.45) is 2.17. The first-order valence-electron chi connectivity index (χ1n) is 8.12. The molecule has 1 aliphatic heterocycles. The topological polar surface area (TPSA) is 64.6 Å². The zero-order chi connectivity index (χ0) is 16.4. The van der Waals surface area contributed by atoms with E-state index in [9.17, 15) is 9.59 Å². The predicted molar refractivity (Wildman–Crippen MR) is 85.5 cm³/mol. The largest absolute Gasteiger partial charge is 0.497 e. The number of Topliss-reactive ketones (excluding diaryl/α,β-unsaturated/α-hetero) is 1. The summed E-state index contributed by atoms with van der Waals surface area (Å²) < 4.78 is 10.9. The lowest BCUT2D eigenvalue weighted by atomic mass is 9.72. The molecule has 2 fully saturated rings. The summed E-state index contributed by atoms with van der Waals surface area (Å²) in [5.41, 5.74) is -0.418. The molecule has 1 saturated carbocycles. The molecule has 1 amide bonds. The number of fused-ring (bicyclic) bond motifs is 1. The third-order valence-electron chi connectivity index (χ3n) is 5.13. The van der Waals surface area contributed by atoms with Crippen LogP contribution in [-0.4, -0.2) is 30.9 Å². The molecule has 1 aromatic rings. The van der Waals surface area contributed by atoms with Crippen molar-refractivity contribution in [2.45, 2.75) is 38.1 Å². The van der Waals surface area contributed by atoms with Crippen molar-refractivity contribution in [2.75, 3.05) is 13.7 Å². The fourth-order valence-electron chi connectivity index (χ4n) is 4.00. The highest BCUT2D eigenvalue weighted by Crippen LogP contribution is 2.44. The minimum absolute atomic E-state index is 0.0490. The van der Waals surface area contributed by atoms with E-state index in [1.807, 2.05) is 24.3 Å². The molecule has 3 rings (SSSR count). The van der Waals surface area contributed by atoms with Crippen LogP contribution in [0.3, 0.4) is 0 Å². The molecule has 124 valence electrons. The molecule has 2 aliphatic rings. The molecular formula is C18H23NO4. The summed E-state index contributed by atoms with van der Waals surface area (Å²) in [5.74, 6) is 2.31. The summed E-state index contributed by atoms with van der Waals surface area (Å²) in [7, 11) is 1.62. The van der Waals surface area contributed by atoms with Gasteiger partial charge in [0.05, 0.1) is 19.3 Å². The Balaban J connectivity index is 1.64. The lowest BCUT2D eigenvalue weighted by molar-refractivity contribution is -0.128. The predicted octanol–water partition coefficient (Wildman–Crippen LogP) is 2.34. The first-order valence-corrected chi connectivity index (χ1v) is 8.12. The molecule has 5 nitrogen and oxygen atoms in total. The fraction of sp³-hybridized carbons (Fsp3) is 0.556. The summed E-state index contributed by atoms with van der Waals surface area (Å²) in [6, 6.07) is 7.41. The Labute approximate surface area is 136 Å². The van der Waals surface area contributed by atoms with Gasteiger partial charge in [0.25, 0.3) is 0 Å².